The molecule has 0 saturated carbocycles. The average molecular weight is 303 g/mol. The zero-order valence-corrected chi connectivity index (χ0v) is 14.2. The fraction of sp³-hybridized carbons (Fsp3) is 0.471. The monoisotopic (exact) mass is 303 g/mol. The minimum Gasteiger partial charge on any atom is -0.355 e. The number of anilines is 1. The number of benzene rings is 1. The van der Waals surface area contributed by atoms with Crippen molar-refractivity contribution in [3.63, 3.8) is 0 Å². The van der Waals surface area contributed by atoms with Crippen LogP contribution in [-0.4, -0.2) is 37.1 Å². The number of rotatable bonds is 7. The maximum Gasteiger partial charge on any atom is 0.136 e. The van der Waals surface area contributed by atoms with Crippen molar-refractivity contribution in [2.75, 3.05) is 31.0 Å². The Hall–Kier alpha value is -1.26. The van der Waals surface area contributed by atoms with E-state index < -0.39 is 0 Å². The van der Waals surface area contributed by atoms with Crippen LogP contribution in [0.1, 0.15) is 18.9 Å². The molecule has 0 fully saturated rings. The fourth-order valence-corrected chi connectivity index (χ4v) is 3.56. The van der Waals surface area contributed by atoms with Gasteiger partial charge >= 0.3 is 0 Å². The summed E-state index contributed by atoms with van der Waals surface area (Å²) in [6.45, 7) is 3.09. The van der Waals surface area contributed by atoms with Gasteiger partial charge in [-0.2, -0.15) is 11.8 Å². The number of thioether (sulfide) groups is 1. The largest absolute Gasteiger partial charge is 0.355 e. The van der Waals surface area contributed by atoms with Gasteiger partial charge in [0.05, 0.1) is 0 Å². The second-order valence-electron chi connectivity index (χ2n) is 5.31. The molecule has 2 aromatic rings. The molecule has 0 bridgehead atoms. The van der Waals surface area contributed by atoms with E-state index in [-0.39, 0.29) is 0 Å². The van der Waals surface area contributed by atoms with Gasteiger partial charge in [0.15, 0.2) is 0 Å². The van der Waals surface area contributed by atoms with Crippen molar-refractivity contribution >= 4 is 28.4 Å². The Labute approximate surface area is 132 Å². The summed E-state index contributed by atoms with van der Waals surface area (Å²) >= 11 is 1.89. The predicted octanol–water partition coefficient (Wildman–Crippen LogP) is 3.53. The molecule has 1 atom stereocenters. The fourth-order valence-electron chi connectivity index (χ4n) is 2.72. The molecule has 0 amide bonds. The maximum absolute atomic E-state index is 4.75. The Kier molecular flexibility index (Phi) is 5.88. The third-order valence-corrected chi connectivity index (χ3v) is 4.65. The van der Waals surface area contributed by atoms with Crippen LogP contribution in [0.3, 0.4) is 0 Å². The van der Waals surface area contributed by atoms with Gasteiger partial charge < -0.3 is 10.2 Å². The molecular weight excluding hydrogens is 278 g/mol. The van der Waals surface area contributed by atoms with Gasteiger partial charge in [0.25, 0.3) is 0 Å². The Balaban J connectivity index is 2.47. The first-order valence-corrected chi connectivity index (χ1v) is 8.85. The Morgan fingerprint density at radius 3 is 2.62 bits per heavy atom. The normalized spacial score (nSPS) is 12.6. The molecule has 0 radical (unpaired) electrons. The van der Waals surface area contributed by atoms with Crippen LogP contribution in [0.4, 0.5) is 5.82 Å². The number of hydrogen-bond acceptors (Lipinski definition) is 4. The molecule has 0 aliphatic carbocycles. The van der Waals surface area contributed by atoms with Gasteiger partial charge in [0.1, 0.15) is 5.82 Å². The Morgan fingerprint density at radius 2 is 2.00 bits per heavy atom. The molecule has 4 heteroatoms. The van der Waals surface area contributed by atoms with E-state index in [1.54, 1.807) is 0 Å². The van der Waals surface area contributed by atoms with Crippen molar-refractivity contribution < 1.29 is 0 Å². The molecule has 0 aliphatic heterocycles. The molecule has 1 aromatic carbocycles. The van der Waals surface area contributed by atoms with Crippen LogP contribution in [0.2, 0.25) is 0 Å². The quantitative estimate of drug-likeness (QED) is 0.847. The van der Waals surface area contributed by atoms with E-state index >= 15 is 0 Å². The Bertz CT molecular complexity index is 585. The third-order valence-electron chi connectivity index (χ3n) is 3.94. The van der Waals surface area contributed by atoms with Crippen molar-refractivity contribution in [1.29, 1.82) is 0 Å². The molecule has 0 spiro atoms. The van der Waals surface area contributed by atoms with E-state index in [9.17, 15) is 0 Å². The molecule has 0 saturated heterocycles. The van der Waals surface area contributed by atoms with Gasteiger partial charge in [-0.3, -0.25) is 0 Å². The smallest absolute Gasteiger partial charge is 0.136 e. The SMILES string of the molecule is CCC(CSC)N(C)c1ncc(CNC)c2ccccc12. The predicted molar refractivity (Wildman–Crippen MR) is 95.4 cm³/mol. The summed E-state index contributed by atoms with van der Waals surface area (Å²) in [5.74, 6) is 2.22. The van der Waals surface area contributed by atoms with E-state index in [0.717, 1.165) is 24.5 Å². The molecular formula is C17H25N3S. The molecule has 21 heavy (non-hydrogen) atoms. The Morgan fingerprint density at radius 1 is 1.29 bits per heavy atom. The van der Waals surface area contributed by atoms with Crippen LogP contribution in [-0.2, 0) is 6.54 Å². The minimum absolute atomic E-state index is 0.519. The number of nitrogens with one attached hydrogen (secondary N) is 1. The van der Waals surface area contributed by atoms with Gasteiger partial charge in [0.2, 0.25) is 0 Å². The molecule has 2 rings (SSSR count). The van der Waals surface area contributed by atoms with Crippen molar-refractivity contribution in [2.24, 2.45) is 0 Å². The van der Waals surface area contributed by atoms with Crippen LogP contribution in [0, 0.1) is 0 Å². The van der Waals surface area contributed by atoms with E-state index in [4.69, 9.17) is 4.98 Å². The van der Waals surface area contributed by atoms with Crippen LogP contribution >= 0.6 is 11.8 Å². The van der Waals surface area contributed by atoms with Gasteiger partial charge in [-0.15, -0.1) is 0 Å². The van der Waals surface area contributed by atoms with Crippen molar-refractivity contribution in [2.45, 2.75) is 25.9 Å². The molecule has 114 valence electrons. The zero-order valence-electron chi connectivity index (χ0n) is 13.4. The second kappa shape index (κ2) is 7.66. The molecule has 3 nitrogen and oxygen atoms in total. The molecule has 1 N–H and O–H groups in total. The standard InChI is InChI=1S/C17H25N3S/c1-5-14(12-21-4)20(3)17-16-9-7-6-8-15(16)13(10-18-2)11-19-17/h6-9,11,14,18H,5,10,12H2,1-4H3. The number of nitrogens with zero attached hydrogens (tertiary/aromatic N) is 2. The zero-order chi connectivity index (χ0) is 15.2. The van der Waals surface area contributed by atoms with E-state index in [2.05, 4.69) is 54.7 Å². The van der Waals surface area contributed by atoms with Crippen LogP contribution in [0.5, 0.6) is 0 Å². The van der Waals surface area contributed by atoms with Gasteiger partial charge in [-0.1, -0.05) is 31.2 Å². The third kappa shape index (κ3) is 3.50. The van der Waals surface area contributed by atoms with Gasteiger partial charge in [0, 0.05) is 37.0 Å². The van der Waals surface area contributed by atoms with Crippen molar-refractivity contribution in [3.05, 3.63) is 36.0 Å². The number of aromatic nitrogens is 1. The van der Waals surface area contributed by atoms with Crippen molar-refractivity contribution in [1.82, 2.24) is 10.3 Å². The van der Waals surface area contributed by atoms with E-state index in [1.807, 2.05) is 25.0 Å². The first kappa shape index (κ1) is 16.1. The number of pyridine rings is 1. The lowest BCUT2D eigenvalue weighted by Gasteiger charge is -2.29. The summed E-state index contributed by atoms with van der Waals surface area (Å²) in [5, 5.41) is 5.76. The van der Waals surface area contributed by atoms with Crippen LogP contribution in [0.15, 0.2) is 30.5 Å². The maximum atomic E-state index is 4.75. The lowest BCUT2D eigenvalue weighted by molar-refractivity contribution is 0.668. The summed E-state index contributed by atoms with van der Waals surface area (Å²) in [6, 6.07) is 9.09. The highest BCUT2D eigenvalue weighted by Gasteiger charge is 2.17. The van der Waals surface area contributed by atoms with Crippen molar-refractivity contribution in [3.8, 4) is 0 Å². The van der Waals surface area contributed by atoms with E-state index in [0.29, 0.717) is 6.04 Å². The van der Waals surface area contributed by atoms with Crippen LogP contribution < -0.4 is 10.2 Å². The molecule has 1 aromatic heterocycles. The molecule has 0 aliphatic rings. The lowest BCUT2D eigenvalue weighted by Crippen LogP contribution is -2.34. The number of fused-ring (bicyclic) bond motifs is 1. The topological polar surface area (TPSA) is 28.2 Å². The average Bonchev–Trinajstić information content (AvgIpc) is 2.52. The highest BCUT2D eigenvalue weighted by atomic mass is 32.2. The molecule has 1 heterocycles. The first-order chi connectivity index (χ1) is 10.2. The van der Waals surface area contributed by atoms with E-state index in [1.165, 1.54) is 16.3 Å². The van der Waals surface area contributed by atoms with Gasteiger partial charge in [-0.05, 0) is 30.7 Å². The lowest BCUT2D eigenvalue weighted by atomic mass is 10.1. The van der Waals surface area contributed by atoms with Gasteiger partial charge in [-0.25, -0.2) is 4.98 Å². The van der Waals surface area contributed by atoms with Crippen LogP contribution in [0.25, 0.3) is 10.8 Å². The number of hydrogen-bond donors (Lipinski definition) is 1. The minimum atomic E-state index is 0.519. The summed E-state index contributed by atoms with van der Waals surface area (Å²) in [6.07, 6.45) is 5.31. The first-order valence-electron chi connectivity index (χ1n) is 7.45. The summed E-state index contributed by atoms with van der Waals surface area (Å²) in [7, 11) is 4.14. The second-order valence-corrected chi connectivity index (χ2v) is 6.22. The summed E-state index contributed by atoms with van der Waals surface area (Å²) in [4.78, 5) is 7.09. The summed E-state index contributed by atoms with van der Waals surface area (Å²) < 4.78 is 0. The summed E-state index contributed by atoms with van der Waals surface area (Å²) in [5.41, 5.74) is 1.25. The highest BCUT2D eigenvalue weighted by molar-refractivity contribution is 7.98. The molecule has 1 unspecified atom stereocenters. The highest BCUT2D eigenvalue weighted by Crippen LogP contribution is 2.28.